The highest BCUT2D eigenvalue weighted by Gasteiger charge is 2.36. The van der Waals surface area contributed by atoms with Gasteiger partial charge >= 0.3 is 11.9 Å². The van der Waals surface area contributed by atoms with Crippen molar-refractivity contribution in [1.82, 2.24) is 0 Å². The van der Waals surface area contributed by atoms with E-state index in [9.17, 15) is 9.59 Å². The molecule has 0 saturated carbocycles. The maximum absolute atomic E-state index is 11.3. The SMILES string of the molecule is CCC(=O)O[C@@H]1C[C@H](CCCOC(C)=O)O[C@@H]1CC. The molecule has 0 amide bonds. The van der Waals surface area contributed by atoms with Crippen molar-refractivity contribution in [1.29, 1.82) is 0 Å². The molecule has 1 fully saturated rings. The van der Waals surface area contributed by atoms with Gasteiger partial charge in [0, 0.05) is 19.8 Å². The Morgan fingerprint density at radius 2 is 2.05 bits per heavy atom. The number of hydrogen-bond donors (Lipinski definition) is 0. The average Bonchev–Trinajstić information content (AvgIpc) is 2.76. The van der Waals surface area contributed by atoms with Gasteiger partial charge in [0.15, 0.2) is 0 Å². The van der Waals surface area contributed by atoms with E-state index < -0.39 is 0 Å². The Balaban J connectivity index is 2.30. The van der Waals surface area contributed by atoms with Crippen LogP contribution in [0, 0.1) is 0 Å². The molecule has 1 heterocycles. The van der Waals surface area contributed by atoms with E-state index in [2.05, 4.69) is 0 Å². The minimum absolute atomic E-state index is 0.00535. The second-order valence-electron chi connectivity index (χ2n) is 4.80. The quantitative estimate of drug-likeness (QED) is 0.525. The standard InChI is InChI=1S/C14H24O5/c1-4-12-13(19-14(16)5-2)9-11(18-12)7-6-8-17-10(3)15/h11-13H,4-9H2,1-3H3/t11-,12+,13+/m0/s1. The summed E-state index contributed by atoms with van der Waals surface area (Å²) in [5.74, 6) is -0.429. The Labute approximate surface area is 114 Å². The first-order valence-corrected chi connectivity index (χ1v) is 7.05. The summed E-state index contributed by atoms with van der Waals surface area (Å²) in [6, 6.07) is 0. The zero-order valence-corrected chi connectivity index (χ0v) is 12.0. The summed E-state index contributed by atoms with van der Waals surface area (Å²) in [6.45, 7) is 5.64. The van der Waals surface area contributed by atoms with Crippen molar-refractivity contribution in [3.8, 4) is 0 Å². The second-order valence-corrected chi connectivity index (χ2v) is 4.80. The molecule has 0 aliphatic carbocycles. The first kappa shape index (κ1) is 16.0. The summed E-state index contributed by atoms with van der Waals surface area (Å²) in [7, 11) is 0. The van der Waals surface area contributed by atoms with Crippen LogP contribution in [0.25, 0.3) is 0 Å². The molecule has 1 rings (SSSR count). The van der Waals surface area contributed by atoms with Crippen molar-refractivity contribution < 1.29 is 23.8 Å². The molecule has 0 N–H and O–H groups in total. The first-order valence-electron chi connectivity index (χ1n) is 7.05. The van der Waals surface area contributed by atoms with Gasteiger partial charge in [0.1, 0.15) is 6.10 Å². The molecule has 1 aliphatic rings. The highest BCUT2D eigenvalue weighted by atomic mass is 16.6. The first-order chi connectivity index (χ1) is 9.06. The lowest BCUT2D eigenvalue weighted by molar-refractivity contribution is -0.151. The summed E-state index contributed by atoms with van der Waals surface area (Å²) < 4.78 is 16.1. The molecule has 0 aromatic carbocycles. The lowest BCUT2D eigenvalue weighted by Gasteiger charge is -2.16. The maximum Gasteiger partial charge on any atom is 0.305 e. The minimum Gasteiger partial charge on any atom is -0.466 e. The number of carbonyl (C=O) groups excluding carboxylic acids is 2. The molecule has 0 bridgehead atoms. The van der Waals surface area contributed by atoms with Gasteiger partial charge in [-0.15, -0.1) is 0 Å². The van der Waals surface area contributed by atoms with E-state index in [-0.39, 0.29) is 30.3 Å². The number of ether oxygens (including phenoxy) is 3. The van der Waals surface area contributed by atoms with Crippen LogP contribution in [0.15, 0.2) is 0 Å². The lowest BCUT2D eigenvalue weighted by Crippen LogP contribution is -2.26. The lowest BCUT2D eigenvalue weighted by atomic mass is 10.1. The van der Waals surface area contributed by atoms with Gasteiger partial charge in [0.2, 0.25) is 0 Å². The van der Waals surface area contributed by atoms with Crippen LogP contribution in [-0.2, 0) is 23.8 Å². The van der Waals surface area contributed by atoms with Crippen LogP contribution >= 0.6 is 0 Å². The van der Waals surface area contributed by atoms with E-state index >= 15 is 0 Å². The van der Waals surface area contributed by atoms with E-state index in [4.69, 9.17) is 14.2 Å². The van der Waals surface area contributed by atoms with Gasteiger partial charge in [-0.3, -0.25) is 9.59 Å². The largest absolute Gasteiger partial charge is 0.466 e. The van der Waals surface area contributed by atoms with Crippen molar-refractivity contribution >= 4 is 11.9 Å². The zero-order chi connectivity index (χ0) is 14.3. The monoisotopic (exact) mass is 272 g/mol. The third-order valence-electron chi connectivity index (χ3n) is 3.23. The molecular formula is C14H24O5. The minimum atomic E-state index is -0.256. The van der Waals surface area contributed by atoms with Gasteiger partial charge in [-0.2, -0.15) is 0 Å². The smallest absolute Gasteiger partial charge is 0.305 e. The third-order valence-corrected chi connectivity index (χ3v) is 3.23. The van der Waals surface area contributed by atoms with Crippen molar-refractivity contribution in [3.63, 3.8) is 0 Å². The number of esters is 2. The van der Waals surface area contributed by atoms with Crippen LogP contribution in [0.2, 0.25) is 0 Å². The van der Waals surface area contributed by atoms with Crippen LogP contribution in [-0.4, -0.2) is 36.9 Å². The normalized spacial score (nSPS) is 26.2. The van der Waals surface area contributed by atoms with Crippen molar-refractivity contribution in [3.05, 3.63) is 0 Å². The van der Waals surface area contributed by atoms with Crippen LogP contribution in [0.5, 0.6) is 0 Å². The number of rotatable bonds is 7. The highest BCUT2D eigenvalue weighted by molar-refractivity contribution is 5.69. The van der Waals surface area contributed by atoms with Gasteiger partial charge in [-0.25, -0.2) is 0 Å². The molecular weight excluding hydrogens is 248 g/mol. The molecule has 0 aromatic heterocycles. The molecule has 19 heavy (non-hydrogen) atoms. The predicted octanol–water partition coefficient (Wildman–Crippen LogP) is 2.22. The molecule has 0 aromatic rings. The summed E-state index contributed by atoms with van der Waals surface area (Å²) in [4.78, 5) is 22.0. The summed E-state index contributed by atoms with van der Waals surface area (Å²) in [5, 5.41) is 0. The van der Waals surface area contributed by atoms with E-state index in [0.717, 1.165) is 25.7 Å². The molecule has 1 saturated heterocycles. The topological polar surface area (TPSA) is 61.8 Å². The van der Waals surface area contributed by atoms with Crippen molar-refractivity contribution in [2.75, 3.05) is 6.61 Å². The Hall–Kier alpha value is -1.10. The van der Waals surface area contributed by atoms with E-state index in [1.54, 1.807) is 6.92 Å². The fourth-order valence-electron chi connectivity index (χ4n) is 2.25. The van der Waals surface area contributed by atoms with E-state index in [1.165, 1.54) is 6.92 Å². The van der Waals surface area contributed by atoms with Crippen LogP contribution in [0.1, 0.15) is 52.9 Å². The number of hydrogen-bond acceptors (Lipinski definition) is 5. The summed E-state index contributed by atoms with van der Waals surface area (Å²) in [6.07, 6.45) is 3.52. The third kappa shape index (κ3) is 5.59. The fourth-order valence-corrected chi connectivity index (χ4v) is 2.25. The Bertz CT molecular complexity index is 302. The molecule has 1 aliphatic heterocycles. The Morgan fingerprint density at radius 1 is 1.32 bits per heavy atom. The van der Waals surface area contributed by atoms with Gasteiger partial charge in [0.25, 0.3) is 0 Å². The second kappa shape index (κ2) is 8.15. The zero-order valence-electron chi connectivity index (χ0n) is 12.0. The summed E-state index contributed by atoms with van der Waals surface area (Å²) in [5.41, 5.74) is 0. The van der Waals surface area contributed by atoms with Crippen molar-refractivity contribution in [2.45, 2.75) is 71.2 Å². The maximum atomic E-state index is 11.3. The summed E-state index contributed by atoms with van der Waals surface area (Å²) >= 11 is 0. The van der Waals surface area contributed by atoms with E-state index in [1.807, 2.05) is 6.92 Å². The van der Waals surface area contributed by atoms with Crippen LogP contribution in [0.4, 0.5) is 0 Å². The average molecular weight is 272 g/mol. The molecule has 110 valence electrons. The molecule has 0 radical (unpaired) electrons. The Morgan fingerprint density at radius 3 is 2.63 bits per heavy atom. The molecule has 5 heteroatoms. The number of carbonyl (C=O) groups is 2. The van der Waals surface area contributed by atoms with Gasteiger partial charge in [-0.1, -0.05) is 13.8 Å². The Kier molecular flexibility index (Phi) is 6.84. The van der Waals surface area contributed by atoms with Crippen LogP contribution in [0.3, 0.4) is 0 Å². The van der Waals surface area contributed by atoms with Gasteiger partial charge < -0.3 is 14.2 Å². The van der Waals surface area contributed by atoms with Gasteiger partial charge in [-0.05, 0) is 19.3 Å². The van der Waals surface area contributed by atoms with Gasteiger partial charge in [0.05, 0.1) is 18.8 Å². The van der Waals surface area contributed by atoms with Crippen LogP contribution < -0.4 is 0 Å². The van der Waals surface area contributed by atoms with Crippen molar-refractivity contribution in [2.24, 2.45) is 0 Å². The molecule has 5 nitrogen and oxygen atoms in total. The van der Waals surface area contributed by atoms with E-state index in [0.29, 0.717) is 13.0 Å². The molecule has 0 unspecified atom stereocenters. The fraction of sp³-hybridized carbons (Fsp3) is 0.857. The molecule has 3 atom stereocenters. The highest BCUT2D eigenvalue weighted by Crippen LogP contribution is 2.28. The molecule has 0 spiro atoms. The predicted molar refractivity (Wildman–Crippen MR) is 69.6 cm³/mol.